The number of nitrogens with one attached hydrogen (secondary N) is 1. The molecule has 0 bridgehead atoms. The minimum atomic E-state index is 0.487. The maximum absolute atomic E-state index is 4.16. The van der Waals surface area contributed by atoms with E-state index < -0.39 is 0 Å². The Morgan fingerprint density at radius 1 is 1.40 bits per heavy atom. The number of nitrogens with zero attached hydrogens (tertiary/aromatic N) is 1. The van der Waals surface area contributed by atoms with Gasteiger partial charge in [-0.05, 0) is 11.6 Å². The van der Waals surface area contributed by atoms with Gasteiger partial charge in [0.25, 0.3) is 0 Å². The van der Waals surface area contributed by atoms with Crippen LogP contribution in [0.4, 0.5) is 5.69 Å². The second-order valence-corrected chi connectivity index (χ2v) is 5.41. The number of aromatic nitrogens is 1. The molecule has 0 saturated heterocycles. The summed E-state index contributed by atoms with van der Waals surface area (Å²) in [6, 6.07) is 4.14. The number of rotatable bonds is 1. The second-order valence-electron chi connectivity index (χ2n) is 3.42. The van der Waals surface area contributed by atoms with Crippen molar-refractivity contribution in [1.29, 1.82) is 0 Å². The topological polar surface area (TPSA) is 24.9 Å². The molecule has 0 saturated carbocycles. The van der Waals surface area contributed by atoms with E-state index in [-0.39, 0.29) is 0 Å². The van der Waals surface area contributed by atoms with E-state index in [1.165, 1.54) is 16.1 Å². The van der Waals surface area contributed by atoms with Crippen LogP contribution in [-0.4, -0.2) is 11.5 Å². The minimum absolute atomic E-state index is 0.487. The zero-order valence-electron chi connectivity index (χ0n) is 8.01. The number of thiophene rings is 1. The number of fused-ring (bicyclic) bond motifs is 1. The summed E-state index contributed by atoms with van der Waals surface area (Å²) in [6.07, 6.45) is 3.77. The molecule has 0 aromatic carbocycles. The largest absolute Gasteiger partial charge is 0.382 e. The molecule has 0 amide bonds. The Labute approximate surface area is 96.7 Å². The van der Waals surface area contributed by atoms with Crippen molar-refractivity contribution in [3.05, 3.63) is 40.8 Å². The Bertz CT molecular complexity index is 453. The fourth-order valence-corrected chi connectivity index (χ4v) is 3.79. The summed E-state index contributed by atoms with van der Waals surface area (Å²) < 4.78 is 0. The lowest BCUT2D eigenvalue weighted by Crippen LogP contribution is -2.14. The molecule has 1 unspecified atom stereocenters. The Hall–Kier alpha value is -1.00. The maximum atomic E-state index is 4.16. The zero-order valence-corrected chi connectivity index (χ0v) is 9.65. The molecule has 1 aliphatic rings. The van der Waals surface area contributed by atoms with Gasteiger partial charge in [-0.3, -0.25) is 4.98 Å². The quantitative estimate of drug-likeness (QED) is 0.818. The van der Waals surface area contributed by atoms with Gasteiger partial charge in [-0.2, -0.15) is 0 Å². The number of pyridine rings is 1. The Kier molecular flexibility index (Phi) is 2.38. The zero-order chi connectivity index (χ0) is 10.1. The smallest absolute Gasteiger partial charge is 0.0587 e. The van der Waals surface area contributed by atoms with Gasteiger partial charge in [0.2, 0.25) is 0 Å². The van der Waals surface area contributed by atoms with Crippen LogP contribution in [0, 0.1) is 0 Å². The van der Waals surface area contributed by atoms with E-state index in [0.717, 1.165) is 6.54 Å². The molecule has 76 valence electrons. The summed E-state index contributed by atoms with van der Waals surface area (Å²) in [4.78, 5) is 5.53. The van der Waals surface area contributed by atoms with Crippen molar-refractivity contribution in [3.63, 3.8) is 0 Å². The van der Waals surface area contributed by atoms with E-state index in [9.17, 15) is 0 Å². The van der Waals surface area contributed by atoms with Crippen molar-refractivity contribution in [3.8, 4) is 0 Å². The summed E-state index contributed by atoms with van der Waals surface area (Å²) in [5.74, 6) is 0. The van der Waals surface area contributed by atoms with E-state index in [2.05, 4.69) is 27.1 Å². The third-order valence-corrected chi connectivity index (χ3v) is 4.64. The van der Waals surface area contributed by atoms with Crippen molar-refractivity contribution in [2.75, 3.05) is 11.9 Å². The number of hydrogen-bond acceptors (Lipinski definition) is 4. The van der Waals surface area contributed by atoms with E-state index in [1.54, 1.807) is 11.3 Å². The first-order valence-corrected chi connectivity index (χ1v) is 6.62. The highest BCUT2D eigenvalue weighted by Gasteiger charge is 2.20. The van der Waals surface area contributed by atoms with Crippen LogP contribution < -0.4 is 5.32 Å². The first-order valence-electron chi connectivity index (χ1n) is 4.80. The van der Waals surface area contributed by atoms with Gasteiger partial charge in [0, 0.05) is 34.6 Å². The molecule has 4 heteroatoms. The average molecular weight is 234 g/mol. The first kappa shape index (κ1) is 9.24. The normalized spacial score (nSPS) is 19.3. The summed E-state index contributed by atoms with van der Waals surface area (Å²) in [5.41, 5.74) is 2.58. The van der Waals surface area contributed by atoms with Gasteiger partial charge in [-0.25, -0.2) is 0 Å². The molecule has 2 aromatic rings. The highest BCUT2D eigenvalue weighted by atomic mass is 32.2. The molecule has 3 heterocycles. The summed E-state index contributed by atoms with van der Waals surface area (Å²) >= 11 is 3.68. The fourth-order valence-electron chi connectivity index (χ4n) is 1.66. The van der Waals surface area contributed by atoms with Crippen LogP contribution in [0.1, 0.15) is 10.8 Å². The molecule has 1 atom stereocenters. The summed E-state index contributed by atoms with van der Waals surface area (Å²) in [7, 11) is 0. The fraction of sp³-hybridized carbons (Fsp3) is 0.182. The molecule has 2 aromatic heterocycles. The molecule has 2 nitrogen and oxygen atoms in total. The highest BCUT2D eigenvalue weighted by Crippen LogP contribution is 2.44. The molecule has 0 aliphatic carbocycles. The van der Waals surface area contributed by atoms with Crippen LogP contribution >= 0.6 is 23.1 Å². The first-order chi connectivity index (χ1) is 7.43. The summed E-state index contributed by atoms with van der Waals surface area (Å²) in [6.45, 7) is 0.986. The predicted octanol–water partition coefficient (Wildman–Crippen LogP) is 3.40. The average Bonchev–Trinajstić information content (AvgIpc) is 2.77. The van der Waals surface area contributed by atoms with Gasteiger partial charge in [0.1, 0.15) is 0 Å². The number of hydrogen-bond donors (Lipinski definition) is 1. The molecule has 0 fully saturated rings. The van der Waals surface area contributed by atoms with Crippen molar-refractivity contribution in [1.82, 2.24) is 4.98 Å². The van der Waals surface area contributed by atoms with E-state index >= 15 is 0 Å². The van der Waals surface area contributed by atoms with E-state index in [4.69, 9.17) is 0 Å². The van der Waals surface area contributed by atoms with Gasteiger partial charge >= 0.3 is 0 Å². The molecular formula is C11H10N2S2. The van der Waals surface area contributed by atoms with Crippen LogP contribution in [0.2, 0.25) is 0 Å². The molecule has 3 rings (SSSR count). The second kappa shape index (κ2) is 3.87. The Morgan fingerprint density at radius 3 is 3.27 bits per heavy atom. The minimum Gasteiger partial charge on any atom is -0.382 e. The van der Waals surface area contributed by atoms with E-state index in [0.29, 0.717) is 5.25 Å². The van der Waals surface area contributed by atoms with Gasteiger partial charge in [0.15, 0.2) is 0 Å². The monoisotopic (exact) mass is 234 g/mol. The van der Waals surface area contributed by atoms with Crippen molar-refractivity contribution in [2.24, 2.45) is 0 Å². The molecule has 1 N–H and O–H groups in total. The Balaban J connectivity index is 1.88. The predicted molar refractivity (Wildman–Crippen MR) is 65.6 cm³/mol. The molecule has 0 radical (unpaired) electrons. The third-order valence-electron chi connectivity index (χ3n) is 2.43. The van der Waals surface area contributed by atoms with Gasteiger partial charge < -0.3 is 5.32 Å². The lowest BCUT2D eigenvalue weighted by atomic mass is 10.2. The molecule has 0 spiro atoms. The van der Waals surface area contributed by atoms with Gasteiger partial charge in [-0.1, -0.05) is 6.07 Å². The van der Waals surface area contributed by atoms with Gasteiger partial charge in [-0.15, -0.1) is 23.1 Å². The lowest BCUT2D eigenvalue weighted by Gasteiger charge is -2.23. The lowest BCUT2D eigenvalue weighted by molar-refractivity contribution is 0.958. The maximum Gasteiger partial charge on any atom is 0.0587 e. The highest BCUT2D eigenvalue weighted by molar-refractivity contribution is 8.00. The van der Waals surface area contributed by atoms with Crippen LogP contribution in [0.5, 0.6) is 0 Å². The van der Waals surface area contributed by atoms with Gasteiger partial charge in [0.05, 0.1) is 10.9 Å². The van der Waals surface area contributed by atoms with Crippen molar-refractivity contribution in [2.45, 2.75) is 10.1 Å². The molecule has 1 aliphatic heterocycles. The molecule has 15 heavy (non-hydrogen) atoms. The van der Waals surface area contributed by atoms with E-state index in [1.807, 2.05) is 30.2 Å². The third kappa shape index (κ3) is 1.75. The van der Waals surface area contributed by atoms with Crippen LogP contribution in [0.3, 0.4) is 0 Å². The standard InChI is InChI=1S/C11H10N2S2/c1-2-8(4-12-3-1)10-5-13-9-6-14-7-11(9)15-10/h1-4,6-7,10,13H,5H2. The van der Waals surface area contributed by atoms with Crippen LogP contribution in [0.15, 0.2) is 40.2 Å². The van der Waals surface area contributed by atoms with Crippen LogP contribution in [-0.2, 0) is 0 Å². The SMILES string of the molecule is c1cncc(C2CNc3cscc3S2)c1. The Morgan fingerprint density at radius 2 is 2.40 bits per heavy atom. The number of anilines is 1. The van der Waals surface area contributed by atoms with Crippen molar-refractivity contribution < 1.29 is 0 Å². The molecular weight excluding hydrogens is 224 g/mol. The number of thioether (sulfide) groups is 1. The van der Waals surface area contributed by atoms with Crippen molar-refractivity contribution >= 4 is 28.8 Å². The summed E-state index contributed by atoms with van der Waals surface area (Å²) in [5, 5.41) is 8.31. The van der Waals surface area contributed by atoms with Crippen LogP contribution in [0.25, 0.3) is 0 Å².